The van der Waals surface area contributed by atoms with Gasteiger partial charge in [-0.25, -0.2) is 4.79 Å². The van der Waals surface area contributed by atoms with Crippen LogP contribution in [0.4, 0.5) is 0 Å². The number of aliphatic carboxylic acids is 1. The Morgan fingerprint density at radius 2 is 1.82 bits per heavy atom. The molecule has 0 aromatic rings. The molecule has 0 saturated heterocycles. The van der Waals surface area contributed by atoms with Gasteiger partial charge in [-0.1, -0.05) is 19.9 Å². The number of ether oxygens (including phenoxy) is 1. The van der Waals surface area contributed by atoms with E-state index >= 15 is 0 Å². The number of carbonyl (C=O) groups excluding carboxylic acids is 1. The minimum Gasteiger partial charge on any atom is -0.478 e. The van der Waals surface area contributed by atoms with Crippen LogP contribution in [0.15, 0.2) is 12.2 Å². The van der Waals surface area contributed by atoms with Crippen LogP contribution in [0.5, 0.6) is 0 Å². The number of hydrogen-bond acceptors (Lipinski definition) is 3. The molecule has 1 rings (SSSR count). The Balaban J connectivity index is 2.68. The Bertz CT molecular complexity index is 360. The number of esters is 1. The Labute approximate surface area is 102 Å². The van der Waals surface area contributed by atoms with Crippen molar-refractivity contribution in [2.45, 2.75) is 40.2 Å². The molecular weight excluding hydrogens is 220 g/mol. The van der Waals surface area contributed by atoms with Crippen LogP contribution in [0.2, 0.25) is 0 Å². The van der Waals surface area contributed by atoms with Crippen molar-refractivity contribution in [1.29, 1.82) is 0 Å². The van der Waals surface area contributed by atoms with Gasteiger partial charge in [0.2, 0.25) is 0 Å². The average molecular weight is 240 g/mol. The molecule has 1 aliphatic carbocycles. The fourth-order valence-corrected chi connectivity index (χ4v) is 2.04. The van der Waals surface area contributed by atoms with Gasteiger partial charge in [0.25, 0.3) is 0 Å². The highest BCUT2D eigenvalue weighted by Gasteiger charge is 2.61. The zero-order chi connectivity index (χ0) is 13.4. The van der Waals surface area contributed by atoms with Crippen molar-refractivity contribution in [2.75, 3.05) is 0 Å². The summed E-state index contributed by atoms with van der Waals surface area (Å²) in [4.78, 5) is 22.3. The van der Waals surface area contributed by atoms with Crippen LogP contribution in [0.25, 0.3) is 0 Å². The SMILES string of the molecule is CC(C)(C)OC(=O)[C@@H]1[C@H](/C=C\C(=O)O)C1(C)C. The molecule has 4 heteroatoms. The molecule has 0 bridgehead atoms. The molecule has 0 spiro atoms. The number of carbonyl (C=O) groups is 2. The highest BCUT2D eigenvalue weighted by molar-refractivity contribution is 5.82. The normalized spacial score (nSPS) is 26.9. The lowest BCUT2D eigenvalue weighted by Gasteiger charge is -2.19. The van der Waals surface area contributed by atoms with Crippen molar-refractivity contribution in [3.63, 3.8) is 0 Å². The number of carboxylic acids is 1. The van der Waals surface area contributed by atoms with Crippen molar-refractivity contribution < 1.29 is 19.4 Å². The standard InChI is InChI=1S/C13H20O4/c1-12(2,3)17-11(16)10-8(13(10,4)5)6-7-9(14)15/h6-8,10H,1-5H3,(H,14,15)/b7-6-/t8-,10-/m0/s1. The molecule has 4 nitrogen and oxygen atoms in total. The van der Waals surface area contributed by atoms with Gasteiger partial charge in [-0.2, -0.15) is 0 Å². The van der Waals surface area contributed by atoms with Gasteiger partial charge in [-0.05, 0) is 32.1 Å². The van der Waals surface area contributed by atoms with Crippen LogP contribution in [0.1, 0.15) is 34.6 Å². The molecule has 1 N–H and O–H groups in total. The van der Waals surface area contributed by atoms with Crippen LogP contribution in [-0.4, -0.2) is 22.6 Å². The first kappa shape index (κ1) is 13.7. The predicted molar refractivity (Wildman–Crippen MR) is 63.4 cm³/mol. The molecule has 0 unspecified atom stereocenters. The molecule has 17 heavy (non-hydrogen) atoms. The Morgan fingerprint density at radius 1 is 1.29 bits per heavy atom. The van der Waals surface area contributed by atoms with E-state index in [0.717, 1.165) is 6.08 Å². The lowest BCUT2D eigenvalue weighted by molar-refractivity contribution is -0.157. The molecule has 1 aliphatic rings. The highest BCUT2D eigenvalue weighted by Crippen LogP contribution is 2.59. The molecular formula is C13H20O4. The summed E-state index contributed by atoms with van der Waals surface area (Å²) in [5.74, 6) is -1.52. The van der Waals surface area contributed by atoms with Crippen LogP contribution in [0, 0.1) is 17.3 Å². The fourth-order valence-electron chi connectivity index (χ4n) is 2.04. The summed E-state index contributed by atoms with van der Waals surface area (Å²) >= 11 is 0. The van der Waals surface area contributed by atoms with E-state index in [2.05, 4.69) is 0 Å². The van der Waals surface area contributed by atoms with Gasteiger partial charge in [0.15, 0.2) is 0 Å². The molecule has 0 amide bonds. The van der Waals surface area contributed by atoms with Gasteiger partial charge in [-0.3, -0.25) is 4.79 Å². The third kappa shape index (κ3) is 3.32. The topological polar surface area (TPSA) is 63.6 Å². The summed E-state index contributed by atoms with van der Waals surface area (Å²) in [6.07, 6.45) is 2.67. The van der Waals surface area contributed by atoms with Gasteiger partial charge in [0, 0.05) is 6.08 Å². The predicted octanol–water partition coefficient (Wildman–Crippen LogP) is 2.24. The second-order valence-electron chi connectivity index (χ2n) is 6.06. The molecule has 96 valence electrons. The van der Waals surface area contributed by atoms with E-state index in [-0.39, 0.29) is 23.2 Å². The fraction of sp³-hybridized carbons (Fsp3) is 0.692. The number of hydrogen-bond donors (Lipinski definition) is 1. The number of rotatable bonds is 3. The molecule has 0 aliphatic heterocycles. The molecule has 0 aromatic carbocycles. The maximum absolute atomic E-state index is 11.9. The van der Waals surface area contributed by atoms with Crippen LogP contribution in [0.3, 0.4) is 0 Å². The van der Waals surface area contributed by atoms with Crippen LogP contribution >= 0.6 is 0 Å². The van der Waals surface area contributed by atoms with Gasteiger partial charge in [0.05, 0.1) is 5.92 Å². The maximum Gasteiger partial charge on any atom is 0.327 e. The highest BCUT2D eigenvalue weighted by atomic mass is 16.6. The lowest BCUT2D eigenvalue weighted by Crippen LogP contribution is -2.26. The first-order chi connectivity index (χ1) is 7.55. The molecule has 1 fully saturated rings. The summed E-state index contributed by atoms with van der Waals surface area (Å²) in [5, 5.41) is 8.57. The molecule has 0 heterocycles. The first-order valence-electron chi connectivity index (χ1n) is 5.69. The first-order valence-corrected chi connectivity index (χ1v) is 5.69. The minimum atomic E-state index is -0.990. The average Bonchev–Trinajstić information content (AvgIpc) is 2.61. The van der Waals surface area contributed by atoms with Crippen LogP contribution < -0.4 is 0 Å². The van der Waals surface area contributed by atoms with Crippen molar-refractivity contribution >= 4 is 11.9 Å². The van der Waals surface area contributed by atoms with Crippen molar-refractivity contribution in [1.82, 2.24) is 0 Å². The van der Waals surface area contributed by atoms with E-state index in [0.29, 0.717) is 0 Å². The van der Waals surface area contributed by atoms with Crippen molar-refractivity contribution in [2.24, 2.45) is 17.3 Å². The Hall–Kier alpha value is -1.32. The summed E-state index contributed by atoms with van der Waals surface area (Å²) < 4.78 is 5.31. The molecule has 0 aromatic heterocycles. The summed E-state index contributed by atoms with van der Waals surface area (Å²) in [7, 11) is 0. The lowest BCUT2D eigenvalue weighted by atomic mass is 10.1. The zero-order valence-corrected chi connectivity index (χ0v) is 11.0. The monoisotopic (exact) mass is 240 g/mol. The molecule has 1 saturated carbocycles. The van der Waals surface area contributed by atoms with Gasteiger partial charge >= 0.3 is 11.9 Å². The van der Waals surface area contributed by atoms with Crippen molar-refractivity contribution in [3.05, 3.63) is 12.2 Å². The Kier molecular flexibility index (Phi) is 3.37. The molecule has 2 atom stereocenters. The van der Waals surface area contributed by atoms with Gasteiger partial charge < -0.3 is 9.84 Å². The largest absolute Gasteiger partial charge is 0.478 e. The van der Waals surface area contributed by atoms with E-state index in [1.165, 1.54) is 0 Å². The second kappa shape index (κ2) is 4.17. The van der Waals surface area contributed by atoms with E-state index in [4.69, 9.17) is 9.84 Å². The van der Waals surface area contributed by atoms with E-state index in [1.807, 2.05) is 34.6 Å². The van der Waals surface area contributed by atoms with E-state index in [1.54, 1.807) is 6.08 Å². The zero-order valence-electron chi connectivity index (χ0n) is 11.0. The number of carboxylic acid groups (broad SMARTS) is 1. The van der Waals surface area contributed by atoms with Gasteiger partial charge in [0.1, 0.15) is 5.60 Å². The smallest absolute Gasteiger partial charge is 0.327 e. The summed E-state index contributed by atoms with van der Waals surface area (Å²) in [5.41, 5.74) is -0.717. The third-order valence-electron chi connectivity index (χ3n) is 3.02. The summed E-state index contributed by atoms with van der Waals surface area (Å²) in [6, 6.07) is 0. The summed E-state index contributed by atoms with van der Waals surface area (Å²) in [6.45, 7) is 9.35. The van der Waals surface area contributed by atoms with Gasteiger partial charge in [-0.15, -0.1) is 0 Å². The third-order valence-corrected chi connectivity index (χ3v) is 3.02. The number of allylic oxidation sites excluding steroid dienone is 1. The van der Waals surface area contributed by atoms with E-state index < -0.39 is 11.6 Å². The maximum atomic E-state index is 11.9. The second-order valence-corrected chi connectivity index (χ2v) is 6.06. The quantitative estimate of drug-likeness (QED) is 0.607. The minimum absolute atomic E-state index is 0.0477. The van der Waals surface area contributed by atoms with E-state index in [9.17, 15) is 9.59 Å². The molecule has 0 radical (unpaired) electrons. The van der Waals surface area contributed by atoms with Crippen molar-refractivity contribution in [3.8, 4) is 0 Å². The van der Waals surface area contributed by atoms with Crippen LogP contribution in [-0.2, 0) is 14.3 Å². The Morgan fingerprint density at radius 3 is 2.24 bits per heavy atom.